The lowest BCUT2D eigenvalue weighted by molar-refractivity contribution is 0.0344. The van der Waals surface area contributed by atoms with E-state index in [-0.39, 0.29) is 5.69 Å². The smallest absolute Gasteiger partial charge is 0.358 e. The number of hydrogen-bond donors (Lipinski definition) is 1. The van der Waals surface area contributed by atoms with Gasteiger partial charge in [0.2, 0.25) is 0 Å². The Morgan fingerprint density at radius 3 is 2.43 bits per heavy atom. The van der Waals surface area contributed by atoms with Crippen LogP contribution >= 0.6 is 0 Å². The Kier molecular flexibility index (Phi) is 4.74. The fourth-order valence-corrected chi connectivity index (χ4v) is 2.38. The van der Waals surface area contributed by atoms with Gasteiger partial charge in [-0.1, -0.05) is 0 Å². The normalized spacial score (nSPS) is 16.9. The molecule has 1 N–H and O–H groups in total. The predicted molar refractivity (Wildman–Crippen MR) is 78.3 cm³/mol. The van der Waals surface area contributed by atoms with Crippen LogP contribution in [0.2, 0.25) is 0 Å². The number of anilines is 1. The van der Waals surface area contributed by atoms with Crippen molar-refractivity contribution >= 4 is 11.8 Å². The Hall–Kier alpha value is -1.73. The summed E-state index contributed by atoms with van der Waals surface area (Å²) in [6.07, 6.45) is 3.03. The third-order valence-electron chi connectivity index (χ3n) is 3.34. The van der Waals surface area contributed by atoms with Gasteiger partial charge in [-0.25, -0.2) is 14.8 Å². The first-order valence-corrected chi connectivity index (χ1v) is 6.99. The van der Waals surface area contributed by atoms with Crippen molar-refractivity contribution in [3.05, 3.63) is 18.1 Å². The molecule has 0 aliphatic carbocycles. The number of β-amino-alcohol motifs (C(OH)–C–C–N with tert-alkyl or cyclic N) is 1. The molecule has 0 spiro atoms. The van der Waals surface area contributed by atoms with E-state index in [1.165, 1.54) is 13.3 Å². The van der Waals surface area contributed by atoms with Gasteiger partial charge in [0.15, 0.2) is 5.69 Å². The summed E-state index contributed by atoms with van der Waals surface area (Å²) in [7, 11) is 1.32. The maximum atomic E-state index is 11.3. The van der Waals surface area contributed by atoms with Crippen LogP contribution in [-0.4, -0.2) is 71.4 Å². The van der Waals surface area contributed by atoms with Crippen molar-refractivity contribution in [3.8, 4) is 0 Å². The number of nitrogens with zero attached hydrogens (tertiary/aromatic N) is 4. The summed E-state index contributed by atoms with van der Waals surface area (Å²) in [6.45, 7) is 7.67. The number of ether oxygens (including phenoxy) is 1. The monoisotopic (exact) mass is 294 g/mol. The molecule has 1 saturated heterocycles. The van der Waals surface area contributed by atoms with Crippen molar-refractivity contribution in [3.63, 3.8) is 0 Å². The van der Waals surface area contributed by atoms with Crippen LogP contribution < -0.4 is 4.90 Å². The number of aromatic nitrogens is 2. The van der Waals surface area contributed by atoms with Gasteiger partial charge >= 0.3 is 5.97 Å². The highest BCUT2D eigenvalue weighted by atomic mass is 16.5. The number of carbonyl (C=O) groups excluding carboxylic acids is 1. The standard InChI is InChI=1S/C14H22N4O3/c1-14(2,20)10-17-4-6-18(7-5-17)12-9-15-11(8-16-12)13(19)21-3/h8-9,20H,4-7,10H2,1-3H3. The third kappa shape index (κ3) is 4.37. The molecule has 0 amide bonds. The highest BCUT2D eigenvalue weighted by Gasteiger charge is 2.23. The molecule has 1 aliphatic rings. The fourth-order valence-electron chi connectivity index (χ4n) is 2.38. The number of esters is 1. The van der Waals surface area contributed by atoms with E-state index in [0.717, 1.165) is 32.0 Å². The van der Waals surface area contributed by atoms with Crippen LogP contribution in [0.25, 0.3) is 0 Å². The van der Waals surface area contributed by atoms with Crippen LogP contribution in [0.5, 0.6) is 0 Å². The zero-order valence-electron chi connectivity index (χ0n) is 12.7. The SMILES string of the molecule is COC(=O)c1cnc(N2CCN(CC(C)(C)O)CC2)cn1. The topological polar surface area (TPSA) is 78.8 Å². The number of methoxy groups -OCH3 is 1. The minimum absolute atomic E-state index is 0.210. The molecule has 0 bridgehead atoms. The first kappa shape index (κ1) is 15.7. The Labute approximate surface area is 124 Å². The molecule has 0 radical (unpaired) electrons. The van der Waals surface area contributed by atoms with E-state index in [1.54, 1.807) is 6.20 Å². The van der Waals surface area contributed by atoms with Gasteiger partial charge in [-0.15, -0.1) is 0 Å². The molecule has 1 aliphatic heterocycles. The summed E-state index contributed by atoms with van der Waals surface area (Å²) in [6, 6.07) is 0. The predicted octanol–water partition coefficient (Wildman–Crippen LogP) is 0.156. The van der Waals surface area contributed by atoms with Crippen LogP contribution in [0.15, 0.2) is 12.4 Å². The molecule has 0 saturated carbocycles. The summed E-state index contributed by atoms with van der Waals surface area (Å²) in [5.41, 5.74) is -0.466. The molecule has 0 unspecified atom stereocenters. The molecule has 2 rings (SSSR count). The van der Waals surface area contributed by atoms with Gasteiger partial charge in [0.05, 0.1) is 25.1 Å². The number of rotatable bonds is 4. The summed E-state index contributed by atoms with van der Waals surface area (Å²) in [5.74, 6) is 0.273. The first-order chi connectivity index (χ1) is 9.89. The van der Waals surface area contributed by atoms with Gasteiger partial charge in [0.25, 0.3) is 0 Å². The lowest BCUT2D eigenvalue weighted by Crippen LogP contribution is -2.50. The second-order valence-electron chi connectivity index (χ2n) is 5.83. The zero-order chi connectivity index (χ0) is 15.5. The van der Waals surface area contributed by atoms with E-state index in [4.69, 9.17) is 0 Å². The van der Waals surface area contributed by atoms with E-state index in [0.29, 0.717) is 6.54 Å². The molecule has 7 heteroatoms. The van der Waals surface area contributed by atoms with E-state index in [9.17, 15) is 9.90 Å². The molecule has 1 aromatic rings. The quantitative estimate of drug-likeness (QED) is 0.792. The highest BCUT2D eigenvalue weighted by molar-refractivity contribution is 5.86. The van der Waals surface area contributed by atoms with Crippen molar-refractivity contribution in [1.82, 2.24) is 14.9 Å². The molecule has 7 nitrogen and oxygen atoms in total. The van der Waals surface area contributed by atoms with Gasteiger partial charge < -0.3 is 14.7 Å². The van der Waals surface area contributed by atoms with Gasteiger partial charge in [-0.3, -0.25) is 4.90 Å². The van der Waals surface area contributed by atoms with Crippen molar-refractivity contribution in [1.29, 1.82) is 0 Å². The van der Waals surface area contributed by atoms with Crippen LogP contribution in [0.3, 0.4) is 0 Å². The minimum Gasteiger partial charge on any atom is -0.464 e. The molecular weight excluding hydrogens is 272 g/mol. The van der Waals surface area contributed by atoms with E-state index in [1.807, 2.05) is 13.8 Å². The summed E-state index contributed by atoms with van der Waals surface area (Å²) >= 11 is 0. The van der Waals surface area contributed by atoms with E-state index < -0.39 is 11.6 Å². The average molecular weight is 294 g/mol. The molecule has 0 atom stereocenters. The lowest BCUT2D eigenvalue weighted by Gasteiger charge is -2.37. The maximum absolute atomic E-state index is 11.3. The lowest BCUT2D eigenvalue weighted by atomic mass is 10.1. The highest BCUT2D eigenvalue weighted by Crippen LogP contribution is 2.14. The maximum Gasteiger partial charge on any atom is 0.358 e. The Morgan fingerprint density at radius 1 is 1.29 bits per heavy atom. The second-order valence-corrected chi connectivity index (χ2v) is 5.83. The fraction of sp³-hybridized carbons (Fsp3) is 0.643. The zero-order valence-corrected chi connectivity index (χ0v) is 12.7. The molecular formula is C14H22N4O3. The van der Waals surface area contributed by atoms with Gasteiger partial charge in [-0.05, 0) is 13.8 Å². The van der Waals surface area contributed by atoms with Crippen LogP contribution in [-0.2, 0) is 4.74 Å². The largest absolute Gasteiger partial charge is 0.464 e. The Balaban J connectivity index is 1.92. The number of aliphatic hydroxyl groups is 1. The van der Waals surface area contributed by atoms with Crippen molar-refractivity contribution in [2.75, 3.05) is 44.7 Å². The first-order valence-electron chi connectivity index (χ1n) is 6.99. The van der Waals surface area contributed by atoms with Gasteiger partial charge in [0, 0.05) is 32.7 Å². The Morgan fingerprint density at radius 2 is 1.95 bits per heavy atom. The average Bonchev–Trinajstić information content (AvgIpc) is 2.46. The van der Waals surface area contributed by atoms with Crippen molar-refractivity contribution in [2.24, 2.45) is 0 Å². The van der Waals surface area contributed by atoms with Crippen LogP contribution in [0.4, 0.5) is 5.82 Å². The molecule has 2 heterocycles. The van der Waals surface area contributed by atoms with E-state index in [2.05, 4.69) is 24.5 Å². The van der Waals surface area contributed by atoms with Gasteiger partial charge in [-0.2, -0.15) is 0 Å². The van der Waals surface area contributed by atoms with E-state index >= 15 is 0 Å². The van der Waals surface area contributed by atoms with Crippen LogP contribution in [0, 0.1) is 0 Å². The summed E-state index contributed by atoms with van der Waals surface area (Å²) in [4.78, 5) is 24.0. The number of piperazine rings is 1. The van der Waals surface area contributed by atoms with Crippen molar-refractivity contribution < 1.29 is 14.6 Å². The molecule has 1 aromatic heterocycles. The third-order valence-corrected chi connectivity index (χ3v) is 3.34. The molecule has 116 valence electrons. The summed E-state index contributed by atoms with van der Waals surface area (Å²) in [5, 5.41) is 9.84. The minimum atomic E-state index is -0.676. The second kappa shape index (κ2) is 6.36. The van der Waals surface area contributed by atoms with Crippen LogP contribution in [0.1, 0.15) is 24.3 Å². The Bertz CT molecular complexity index is 476. The van der Waals surface area contributed by atoms with Gasteiger partial charge in [0.1, 0.15) is 5.82 Å². The summed E-state index contributed by atoms with van der Waals surface area (Å²) < 4.78 is 4.60. The molecule has 1 fully saturated rings. The number of hydrogen-bond acceptors (Lipinski definition) is 7. The van der Waals surface area contributed by atoms with Crippen molar-refractivity contribution in [2.45, 2.75) is 19.4 Å². The molecule has 0 aromatic carbocycles. The molecule has 21 heavy (non-hydrogen) atoms. The number of carbonyl (C=O) groups is 1.